The number of rotatable bonds is 6. The Morgan fingerprint density at radius 3 is 1.32 bits per heavy atom. The molecule has 11 rings (SSSR count). The fourth-order valence-electron chi connectivity index (χ4n) is 8.21. The Morgan fingerprint density at radius 2 is 0.667 bits per heavy atom. The summed E-state index contributed by atoms with van der Waals surface area (Å²) in [5.41, 5.74) is 11.5. The lowest BCUT2D eigenvalue weighted by molar-refractivity contribution is 0.669. The molecule has 0 amide bonds. The number of para-hydroxylation sites is 1. The Hall–Kier alpha value is -7.69. The smallest absolute Gasteiger partial charge is 0.164 e. The number of nitrogens with zero attached hydrogens (tertiary/aromatic N) is 3. The highest BCUT2D eigenvalue weighted by molar-refractivity contribution is 6.22. The van der Waals surface area contributed by atoms with Gasteiger partial charge in [-0.15, -0.1) is 0 Å². The summed E-state index contributed by atoms with van der Waals surface area (Å²) in [4.78, 5) is 15.0. The molecule has 4 nitrogen and oxygen atoms in total. The van der Waals surface area contributed by atoms with E-state index >= 15 is 0 Å². The van der Waals surface area contributed by atoms with Crippen LogP contribution in [0.3, 0.4) is 0 Å². The van der Waals surface area contributed by atoms with Crippen LogP contribution in [0, 0.1) is 0 Å². The Labute approximate surface area is 329 Å². The minimum Gasteiger partial charge on any atom is -0.456 e. The molecule has 0 aliphatic heterocycles. The van der Waals surface area contributed by atoms with Crippen molar-refractivity contribution in [2.75, 3.05) is 0 Å². The largest absolute Gasteiger partial charge is 0.456 e. The van der Waals surface area contributed by atoms with E-state index in [1.54, 1.807) is 0 Å². The van der Waals surface area contributed by atoms with E-state index in [0.717, 1.165) is 49.8 Å². The van der Waals surface area contributed by atoms with Crippen LogP contribution in [0.5, 0.6) is 0 Å². The second kappa shape index (κ2) is 13.6. The molecule has 57 heavy (non-hydrogen) atoms. The monoisotopic (exact) mass is 727 g/mol. The third-order valence-corrected chi connectivity index (χ3v) is 10.9. The lowest BCUT2D eigenvalue weighted by atomic mass is 9.84. The van der Waals surface area contributed by atoms with E-state index in [4.69, 9.17) is 19.4 Å². The van der Waals surface area contributed by atoms with E-state index in [0.29, 0.717) is 17.5 Å². The Balaban J connectivity index is 1.03. The van der Waals surface area contributed by atoms with Crippen molar-refractivity contribution >= 4 is 43.5 Å². The first-order valence-corrected chi connectivity index (χ1v) is 19.2. The second-order valence-electron chi connectivity index (χ2n) is 14.3. The number of hydrogen-bond acceptors (Lipinski definition) is 4. The Morgan fingerprint density at radius 1 is 0.246 bits per heavy atom. The van der Waals surface area contributed by atoms with Crippen molar-refractivity contribution in [2.45, 2.75) is 0 Å². The molecule has 0 bridgehead atoms. The number of aromatic nitrogens is 3. The number of furan rings is 1. The Kier molecular flexibility index (Phi) is 7.78. The summed E-state index contributed by atoms with van der Waals surface area (Å²) in [6, 6.07) is 70.1. The van der Waals surface area contributed by atoms with Gasteiger partial charge in [0, 0.05) is 27.5 Å². The second-order valence-corrected chi connectivity index (χ2v) is 14.3. The summed E-state index contributed by atoms with van der Waals surface area (Å²) in [6.07, 6.45) is 0. The number of fused-ring (bicyclic) bond motifs is 6. The molecule has 9 aromatic carbocycles. The van der Waals surface area contributed by atoms with Crippen molar-refractivity contribution in [1.29, 1.82) is 0 Å². The van der Waals surface area contributed by atoms with Crippen LogP contribution in [0.4, 0.5) is 0 Å². The topological polar surface area (TPSA) is 51.8 Å². The SMILES string of the molecule is c1ccc(-c2nc(-c3ccc(-c4ccc5c(-c6ccccc6)c(-c6ccccc6)c6ccccc6c5c4)cc3)nc(-c3ccc4c(c3)oc3ccccc34)n2)cc1. The minimum atomic E-state index is 0.593. The Bertz CT molecular complexity index is 3260. The van der Waals surface area contributed by atoms with Crippen molar-refractivity contribution in [3.63, 3.8) is 0 Å². The van der Waals surface area contributed by atoms with Gasteiger partial charge in [0.15, 0.2) is 17.5 Å². The van der Waals surface area contributed by atoms with Gasteiger partial charge in [-0.1, -0.05) is 176 Å². The standard InChI is InChI=1S/C53H33N3O/c1-4-14-35(15-5-1)49-44-22-11-10-20-41(44)46-32-39(28-31-45(46)50(49)36-16-6-2-7-17-36)34-24-26-38(27-25-34)52-54-51(37-18-8-3-9-19-37)55-53(56-52)40-29-30-43-42-21-12-13-23-47(42)57-48(43)33-40/h1-33H. The van der Waals surface area contributed by atoms with E-state index in [1.165, 1.54) is 43.8 Å². The van der Waals surface area contributed by atoms with E-state index < -0.39 is 0 Å². The first-order valence-electron chi connectivity index (χ1n) is 19.2. The molecule has 4 heteroatoms. The summed E-state index contributed by atoms with van der Waals surface area (Å²) < 4.78 is 6.23. The molecule has 2 aromatic heterocycles. The van der Waals surface area contributed by atoms with Crippen molar-refractivity contribution in [3.8, 4) is 67.5 Å². The minimum absolute atomic E-state index is 0.593. The van der Waals surface area contributed by atoms with Crippen LogP contribution in [-0.4, -0.2) is 15.0 Å². The molecular weight excluding hydrogens is 695 g/mol. The zero-order valence-corrected chi connectivity index (χ0v) is 30.8. The molecule has 2 heterocycles. The predicted molar refractivity (Wildman–Crippen MR) is 235 cm³/mol. The van der Waals surface area contributed by atoms with Crippen LogP contribution in [-0.2, 0) is 0 Å². The summed E-state index contributed by atoms with van der Waals surface area (Å²) in [6.45, 7) is 0. The van der Waals surface area contributed by atoms with Gasteiger partial charge in [-0.05, 0) is 79.2 Å². The van der Waals surface area contributed by atoms with Gasteiger partial charge in [0.05, 0.1) is 0 Å². The summed E-state index contributed by atoms with van der Waals surface area (Å²) >= 11 is 0. The average Bonchev–Trinajstić information content (AvgIpc) is 3.67. The van der Waals surface area contributed by atoms with E-state index in [9.17, 15) is 0 Å². The molecule has 11 aromatic rings. The molecule has 0 radical (unpaired) electrons. The molecule has 0 atom stereocenters. The quantitative estimate of drug-likeness (QED) is 0.160. The normalized spacial score (nSPS) is 11.5. The van der Waals surface area contributed by atoms with Crippen LogP contribution in [0.25, 0.3) is 111 Å². The van der Waals surface area contributed by atoms with Gasteiger partial charge in [0.1, 0.15) is 11.2 Å². The zero-order valence-electron chi connectivity index (χ0n) is 30.8. The van der Waals surface area contributed by atoms with E-state index in [1.807, 2.05) is 54.6 Å². The van der Waals surface area contributed by atoms with Crippen LogP contribution < -0.4 is 0 Å². The van der Waals surface area contributed by atoms with Gasteiger partial charge in [-0.3, -0.25) is 0 Å². The maximum atomic E-state index is 6.23. The molecule has 0 N–H and O–H groups in total. The fourth-order valence-corrected chi connectivity index (χ4v) is 8.21. The third-order valence-electron chi connectivity index (χ3n) is 10.9. The van der Waals surface area contributed by atoms with Gasteiger partial charge < -0.3 is 4.42 Å². The van der Waals surface area contributed by atoms with Gasteiger partial charge in [-0.2, -0.15) is 0 Å². The molecule has 0 saturated heterocycles. The highest BCUT2D eigenvalue weighted by Gasteiger charge is 2.19. The van der Waals surface area contributed by atoms with Crippen molar-refractivity contribution in [3.05, 3.63) is 200 Å². The number of hydrogen-bond donors (Lipinski definition) is 0. The van der Waals surface area contributed by atoms with Gasteiger partial charge in [0.2, 0.25) is 0 Å². The summed E-state index contributed by atoms with van der Waals surface area (Å²) in [5, 5.41) is 7.08. The molecular formula is C53H33N3O. The van der Waals surface area contributed by atoms with E-state index in [2.05, 4.69) is 146 Å². The van der Waals surface area contributed by atoms with Crippen molar-refractivity contribution in [2.24, 2.45) is 0 Å². The average molecular weight is 728 g/mol. The predicted octanol–water partition coefficient (Wildman–Crippen LogP) is 14.1. The fraction of sp³-hybridized carbons (Fsp3) is 0. The van der Waals surface area contributed by atoms with Crippen molar-refractivity contribution in [1.82, 2.24) is 15.0 Å². The third kappa shape index (κ3) is 5.74. The summed E-state index contributed by atoms with van der Waals surface area (Å²) in [5.74, 6) is 1.83. The zero-order chi connectivity index (χ0) is 37.7. The molecule has 0 saturated carbocycles. The van der Waals surface area contributed by atoms with Crippen LogP contribution in [0.2, 0.25) is 0 Å². The van der Waals surface area contributed by atoms with Crippen LogP contribution in [0.1, 0.15) is 0 Å². The van der Waals surface area contributed by atoms with Crippen LogP contribution in [0.15, 0.2) is 205 Å². The lowest BCUT2D eigenvalue weighted by Gasteiger charge is -2.19. The van der Waals surface area contributed by atoms with Crippen molar-refractivity contribution < 1.29 is 4.42 Å². The number of benzene rings is 9. The molecule has 266 valence electrons. The molecule has 0 aliphatic rings. The maximum Gasteiger partial charge on any atom is 0.164 e. The molecule has 0 aliphatic carbocycles. The van der Waals surface area contributed by atoms with Gasteiger partial charge in [-0.25, -0.2) is 15.0 Å². The van der Waals surface area contributed by atoms with Crippen LogP contribution >= 0.6 is 0 Å². The first-order chi connectivity index (χ1) is 28.2. The first kappa shape index (κ1) is 32.7. The molecule has 0 fully saturated rings. The van der Waals surface area contributed by atoms with Gasteiger partial charge >= 0.3 is 0 Å². The van der Waals surface area contributed by atoms with Gasteiger partial charge in [0.25, 0.3) is 0 Å². The summed E-state index contributed by atoms with van der Waals surface area (Å²) in [7, 11) is 0. The highest BCUT2D eigenvalue weighted by atomic mass is 16.3. The highest BCUT2D eigenvalue weighted by Crippen LogP contribution is 2.45. The van der Waals surface area contributed by atoms with E-state index in [-0.39, 0.29) is 0 Å². The molecule has 0 unspecified atom stereocenters. The maximum absolute atomic E-state index is 6.23. The molecule has 0 spiro atoms. The lowest BCUT2D eigenvalue weighted by Crippen LogP contribution is -2.00.